The van der Waals surface area contributed by atoms with E-state index in [0.29, 0.717) is 0 Å². The molecule has 0 aliphatic rings. The van der Waals surface area contributed by atoms with Crippen molar-refractivity contribution >= 4 is 17.5 Å². The Bertz CT molecular complexity index is 632. The Balaban J connectivity index is 2.13. The summed E-state index contributed by atoms with van der Waals surface area (Å²) in [6, 6.07) is 7.77. The van der Waals surface area contributed by atoms with Crippen LogP contribution in [0, 0.1) is 24.0 Å². The van der Waals surface area contributed by atoms with Gasteiger partial charge in [-0.2, -0.15) is 0 Å². The van der Waals surface area contributed by atoms with E-state index in [9.17, 15) is 10.1 Å². The van der Waals surface area contributed by atoms with Gasteiger partial charge in [0.25, 0.3) is 0 Å². The minimum Gasteiger partial charge on any atom is -0.362 e. The highest BCUT2D eigenvalue weighted by Crippen LogP contribution is 2.23. The highest BCUT2D eigenvalue weighted by atomic mass is 16.6. The molecule has 6 nitrogen and oxygen atoms in total. The quantitative estimate of drug-likeness (QED) is 0.673. The topological polar surface area (TPSA) is 81.2 Å². The lowest BCUT2D eigenvalue weighted by Crippen LogP contribution is -1.91. The summed E-state index contributed by atoms with van der Waals surface area (Å²) in [7, 11) is 0. The molecule has 1 aromatic heterocycles. The van der Waals surface area contributed by atoms with Gasteiger partial charge < -0.3 is 9.84 Å². The average Bonchev–Trinajstić information content (AvgIpc) is 2.71. The lowest BCUT2D eigenvalue weighted by atomic mass is 10.2. The van der Waals surface area contributed by atoms with E-state index in [1.54, 1.807) is 6.20 Å². The molecule has 0 amide bonds. The minimum absolute atomic E-state index is 0.109. The molecule has 0 saturated heterocycles. The zero-order valence-corrected chi connectivity index (χ0v) is 10.6. The van der Waals surface area contributed by atoms with Crippen molar-refractivity contribution in [2.24, 2.45) is 0 Å². The number of benzene rings is 1. The van der Waals surface area contributed by atoms with Crippen LogP contribution in [0.2, 0.25) is 0 Å². The number of aryl methyl sites for hydroxylation is 2. The third-order valence-corrected chi connectivity index (χ3v) is 2.54. The van der Waals surface area contributed by atoms with Crippen molar-refractivity contribution < 1.29 is 9.45 Å². The van der Waals surface area contributed by atoms with Crippen LogP contribution in [0.4, 0.5) is 11.4 Å². The van der Waals surface area contributed by atoms with Crippen LogP contribution in [0.5, 0.6) is 0 Å². The lowest BCUT2D eigenvalue weighted by Gasteiger charge is -2.00. The number of hydrogen-bond acceptors (Lipinski definition) is 5. The van der Waals surface area contributed by atoms with Gasteiger partial charge in [0.2, 0.25) is 5.76 Å². The largest absolute Gasteiger partial charge is 0.362 e. The molecule has 0 unspecified atom stereocenters. The molecule has 2 aromatic rings. The summed E-state index contributed by atoms with van der Waals surface area (Å²) >= 11 is 0. The molecule has 0 saturated carbocycles. The predicted octanol–water partition coefficient (Wildman–Crippen LogP) is 3.28. The molecule has 0 fully saturated rings. The summed E-state index contributed by atoms with van der Waals surface area (Å²) in [6.45, 7) is 3.52. The van der Waals surface area contributed by atoms with Gasteiger partial charge >= 0.3 is 5.69 Å². The Kier molecular flexibility index (Phi) is 3.61. The second-order valence-corrected chi connectivity index (χ2v) is 4.09. The summed E-state index contributed by atoms with van der Waals surface area (Å²) < 4.78 is 4.90. The smallest absolute Gasteiger partial charge is 0.338 e. The maximum absolute atomic E-state index is 10.8. The Hall–Kier alpha value is -2.63. The van der Waals surface area contributed by atoms with Crippen LogP contribution >= 0.6 is 0 Å². The number of nitro groups is 1. The number of aromatic nitrogens is 1. The first-order valence-electron chi connectivity index (χ1n) is 5.68. The molecule has 0 atom stereocenters. The number of hydrogen-bond donors (Lipinski definition) is 1. The fraction of sp³-hybridized carbons (Fsp3) is 0.154. The molecule has 0 spiro atoms. The Morgan fingerprint density at radius 1 is 1.42 bits per heavy atom. The summed E-state index contributed by atoms with van der Waals surface area (Å²) in [4.78, 5) is 10.3. The number of anilines is 1. The molecule has 0 bridgehead atoms. The summed E-state index contributed by atoms with van der Waals surface area (Å²) in [5.74, 6) is 0.127. The molecule has 0 aliphatic heterocycles. The van der Waals surface area contributed by atoms with Gasteiger partial charge in [-0.1, -0.05) is 17.3 Å². The Labute approximate surface area is 109 Å². The van der Waals surface area contributed by atoms with Crippen LogP contribution in [0.1, 0.15) is 17.0 Å². The summed E-state index contributed by atoms with van der Waals surface area (Å²) in [5.41, 5.74) is 2.18. The highest BCUT2D eigenvalue weighted by molar-refractivity contribution is 5.59. The van der Waals surface area contributed by atoms with E-state index in [4.69, 9.17) is 4.52 Å². The van der Waals surface area contributed by atoms with Crippen molar-refractivity contribution in [2.45, 2.75) is 13.8 Å². The van der Waals surface area contributed by atoms with Crippen molar-refractivity contribution in [2.75, 3.05) is 5.32 Å². The van der Waals surface area contributed by atoms with Gasteiger partial charge in [0.1, 0.15) is 0 Å². The van der Waals surface area contributed by atoms with E-state index in [0.717, 1.165) is 11.3 Å². The minimum atomic E-state index is -0.502. The van der Waals surface area contributed by atoms with Gasteiger partial charge in [0.15, 0.2) is 5.69 Å². The Morgan fingerprint density at radius 2 is 2.21 bits per heavy atom. The number of nitrogens with zero attached hydrogens (tertiary/aromatic N) is 2. The van der Waals surface area contributed by atoms with Gasteiger partial charge in [-0.25, -0.2) is 0 Å². The summed E-state index contributed by atoms with van der Waals surface area (Å²) in [6.07, 6.45) is 3.07. The first-order chi connectivity index (χ1) is 9.08. The molecule has 1 N–H and O–H groups in total. The third kappa shape index (κ3) is 2.98. The number of nitrogens with one attached hydrogen (secondary N) is 1. The van der Waals surface area contributed by atoms with Gasteiger partial charge in [0, 0.05) is 18.0 Å². The van der Waals surface area contributed by atoms with Crippen molar-refractivity contribution in [3.05, 3.63) is 57.6 Å². The van der Waals surface area contributed by atoms with Crippen LogP contribution in [-0.2, 0) is 0 Å². The molecule has 0 radical (unpaired) electrons. The molecule has 98 valence electrons. The Morgan fingerprint density at radius 3 is 2.89 bits per heavy atom. The predicted molar refractivity (Wildman–Crippen MR) is 71.7 cm³/mol. The van der Waals surface area contributed by atoms with E-state index in [1.165, 1.54) is 13.0 Å². The van der Waals surface area contributed by atoms with Crippen LogP contribution in [0.15, 0.2) is 35.0 Å². The van der Waals surface area contributed by atoms with Crippen molar-refractivity contribution in [1.29, 1.82) is 0 Å². The van der Waals surface area contributed by atoms with Crippen LogP contribution < -0.4 is 5.32 Å². The van der Waals surface area contributed by atoms with Crippen molar-refractivity contribution in [3.63, 3.8) is 0 Å². The maximum atomic E-state index is 10.8. The molecular weight excluding hydrogens is 246 g/mol. The molecule has 1 aromatic carbocycles. The first kappa shape index (κ1) is 12.8. The van der Waals surface area contributed by atoms with E-state index in [2.05, 4.69) is 10.5 Å². The van der Waals surface area contributed by atoms with Gasteiger partial charge in [-0.05, 0) is 31.5 Å². The lowest BCUT2D eigenvalue weighted by molar-refractivity contribution is -0.386. The third-order valence-electron chi connectivity index (χ3n) is 2.54. The van der Waals surface area contributed by atoms with Crippen LogP contribution in [-0.4, -0.2) is 10.1 Å². The molecule has 6 heteroatoms. The van der Waals surface area contributed by atoms with Crippen LogP contribution in [0.3, 0.4) is 0 Å². The fourth-order valence-corrected chi connectivity index (χ4v) is 1.66. The molecule has 19 heavy (non-hydrogen) atoms. The van der Waals surface area contributed by atoms with Crippen LogP contribution in [0.25, 0.3) is 6.08 Å². The normalized spacial score (nSPS) is 10.8. The zero-order valence-electron chi connectivity index (χ0n) is 10.6. The van der Waals surface area contributed by atoms with Crippen molar-refractivity contribution in [1.82, 2.24) is 5.16 Å². The van der Waals surface area contributed by atoms with E-state index in [1.807, 2.05) is 31.2 Å². The molecule has 0 aliphatic carbocycles. The average molecular weight is 259 g/mol. The number of rotatable bonds is 4. The van der Waals surface area contributed by atoms with Gasteiger partial charge in [0.05, 0.1) is 4.92 Å². The van der Waals surface area contributed by atoms with E-state index >= 15 is 0 Å². The maximum Gasteiger partial charge on any atom is 0.338 e. The van der Waals surface area contributed by atoms with Gasteiger partial charge in [-0.15, -0.1) is 0 Å². The van der Waals surface area contributed by atoms with Crippen molar-refractivity contribution in [3.8, 4) is 0 Å². The standard InChI is InChI=1S/C13H13N3O3/c1-9-4-3-5-11(8-9)14-7-6-12-13(16(17)18)10(2)15-19-12/h3-8,14H,1-2H3. The monoisotopic (exact) mass is 259 g/mol. The fourth-order valence-electron chi connectivity index (χ4n) is 1.66. The van der Waals surface area contributed by atoms with Gasteiger partial charge in [-0.3, -0.25) is 10.1 Å². The summed E-state index contributed by atoms with van der Waals surface area (Å²) in [5, 5.41) is 17.4. The molecule has 2 rings (SSSR count). The second kappa shape index (κ2) is 5.34. The zero-order chi connectivity index (χ0) is 13.8. The SMILES string of the molecule is Cc1cccc(NC=Cc2onc(C)c2[N+](=O)[O-])c1. The van der Waals surface area contributed by atoms with E-state index < -0.39 is 4.92 Å². The molecule has 1 heterocycles. The molecular formula is C13H13N3O3. The second-order valence-electron chi connectivity index (χ2n) is 4.09. The van der Waals surface area contributed by atoms with E-state index in [-0.39, 0.29) is 17.1 Å². The highest BCUT2D eigenvalue weighted by Gasteiger charge is 2.21. The first-order valence-corrected chi connectivity index (χ1v) is 5.68.